The quantitative estimate of drug-likeness (QED) is 0.824. The van der Waals surface area contributed by atoms with Gasteiger partial charge in [0.2, 0.25) is 0 Å². The Kier molecular flexibility index (Phi) is 5.16. The van der Waals surface area contributed by atoms with Crippen molar-refractivity contribution in [1.82, 2.24) is 4.57 Å². The standard InChI is InChI=1S/C19H22N2O/c1-4-5-12-21-18(11-10-17(13-20)19(21)22)16-8-6-15(7-9-16)14(2)3/h6-11,14H,4-5,12H2,1-3H3. The molecule has 0 saturated heterocycles. The summed E-state index contributed by atoms with van der Waals surface area (Å²) in [5.41, 5.74) is 3.19. The summed E-state index contributed by atoms with van der Waals surface area (Å²) < 4.78 is 1.73. The molecule has 2 rings (SSSR count). The zero-order valence-corrected chi connectivity index (χ0v) is 13.5. The van der Waals surface area contributed by atoms with Crippen molar-refractivity contribution >= 4 is 0 Å². The van der Waals surface area contributed by atoms with Crippen LogP contribution in [0.5, 0.6) is 0 Å². The lowest BCUT2D eigenvalue weighted by atomic mass is 10.0. The van der Waals surface area contributed by atoms with E-state index in [4.69, 9.17) is 5.26 Å². The first kappa shape index (κ1) is 16.0. The van der Waals surface area contributed by atoms with Gasteiger partial charge in [0, 0.05) is 6.54 Å². The van der Waals surface area contributed by atoms with Crippen LogP contribution in [0.3, 0.4) is 0 Å². The fourth-order valence-corrected chi connectivity index (χ4v) is 2.49. The molecular weight excluding hydrogens is 272 g/mol. The lowest BCUT2D eigenvalue weighted by molar-refractivity contribution is 0.617. The van der Waals surface area contributed by atoms with Gasteiger partial charge in [-0.15, -0.1) is 0 Å². The summed E-state index contributed by atoms with van der Waals surface area (Å²) in [7, 11) is 0. The van der Waals surface area contributed by atoms with Crippen molar-refractivity contribution in [3.63, 3.8) is 0 Å². The Bertz CT molecular complexity index is 734. The first-order chi connectivity index (χ1) is 10.6. The number of hydrogen-bond acceptors (Lipinski definition) is 2. The predicted molar refractivity (Wildman–Crippen MR) is 89.9 cm³/mol. The van der Waals surface area contributed by atoms with Gasteiger partial charge in [0.1, 0.15) is 11.6 Å². The number of nitrogens with zero attached hydrogens (tertiary/aromatic N) is 2. The van der Waals surface area contributed by atoms with E-state index in [0.717, 1.165) is 24.1 Å². The third-order valence-electron chi connectivity index (χ3n) is 3.90. The average Bonchev–Trinajstić information content (AvgIpc) is 2.53. The van der Waals surface area contributed by atoms with Crippen LogP contribution in [0, 0.1) is 11.3 Å². The van der Waals surface area contributed by atoms with Crippen molar-refractivity contribution in [2.45, 2.75) is 46.1 Å². The van der Waals surface area contributed by atoms with Gasteiger partial charge in [0.25, 0.3) is 5.56 Å². The van der Waals surface area contributed by atoms with E-state index in [1.54, 1.807) is 10.6 Å². The van der Waals surface area contributed by atoms with Crippen molar-refractivity contribution < 1.29 is 0 Å². The fourth-order valence-electron chi connectivity index (χ4n) is 2.49. The number of nitriles is 1. The van der Waals surface area contributed by atoms with Crippen LogP contribution < -0.4 is 5.56 Å². The maximum atomic E-state index is 12.4. The lowest BCUT2D eigenvalue weighted by Crippen LogP contribution is -2.24. The fraction of sp³-hybridized carbons (Fsp3) is 0.368. The molecule has 0 spiro atoms. The molecule has 0 radical (unpaired) electrons. The molecule has 1 aromatic heterocycles. The minimum atomic E-state index is -0.193. The number of unbranched alkanes of at least 4 members (excludes halogenated alkanes) is 1. The van der Waals surface area contributed by atoms with Gasteiger partial charge in [-0.3, -0.25) is 4.79 Å². The highest BCUT2D eigenvalue weighted by molar-refractivity contribution is 5.61. The summed E-state index contributed by atoms with van der Waals surface area (Å²) in [6, 6.07) is 13.8. The second kappa shape index (κ2) is 7.09. The molecule has 0 aliphatic heterocycles. The van der Waals surface area contributed by atoms with Crippen LogP contribution in [0.4, 0.5) is 0 Å². The zero-order valence-electron chi connectivity index (χ0n) is 13.5. The maximum Gasteiger partial charge on any atom is 0.268 e. The SMILES string of the molecule is CCCCn1c(-c2ccc(C(C)C)cc2)ccc(C#N)c1=O. The molecule has 22 heavy (non-hydrogen) atoms. The summed E-state index contributed by atoms with van der Waals surface area (Å²) in [6.07, 6.45) is 1.93. The van der Waals surface area contributed by atoms with Gasteiger partial charge in [-0.2, -0.15) is 5.26 Å². The van der Waals surface area contributed by atoms with Gasteiger partial charge in [-0.05, 0) is 35.6 Å². The van der Waals surface area contributed by atoms with Gasteiger partial charge in [-0.25, -0.2) is 0 Å². The van der Waals surface area contributed by atoms with E-state index in [0.29, 0.717) is 12.5 Å². The van der Waals surface area contributed by atoms with Gasteiger partial charge >= 0.3 is 0 Å². The zero-order chi connectivity index (χ0) is 16.1. The molecule has 0 unspecified atom stereocenters. The molecule has 1 aromatic carbocycles. The predicted octanol–water partition coefficient (Wildman–Crippen LogP) is 4.31. The molecule has 0 atom stereocenters. The Morgan fingerprint density at radius 2 is 1.82 bits per heavy atom. The van der Waals surface area contributed by atoms with E-state index in [9.17, 15) is 4.79 Å². The number of aromatic nitrogens is 1. The third-order valence-corrected chi connectivity index (χ3v) is 3.90. The molecule has 0 saturated carbocycles. The molecule has 2 aromatic rings. The summed E-state index contributed by atoms with van der Waals surface area (Å²) in [5.74, 6) is 0.484. The highest BCUT2D eigenvalue weighted by Gasteiger charge is 2.10. The van der Waals surface area contributed by atoms with Crippen LogP contribution in [0.25, 0.3) is 11.3 Å². The third kappa shape index (κ3) is 3.28. The van der Waals surface area contributed by atoms with E-state index in [1.807, 2.05) is 12.1 Å². The highest BCUT2D eigenvalue weighted by atomic mass is 16.1. The van der Waals surface area contributed by atoms with Crippen LogP contribution in [-0.2, 0) is 6.54 Å². The molecule has 0 aliphatic carbocycles. The Balaban J connectivity index is 2.52. The first-order valence-electron chi connectivity index (χ1n) is 7.82. The topological polar surface area (TPSA) is 45.8 Å². The summed E-state index contributed by atoms with van der Waals surface area (Å²) in [4.78, 5) is 12.4. The number of hydrogen-bond donors (Lipinski definition) is 0. The molecule has 3 heteroatoms. The maximum absolute atomic E-state index is 12.4. The molecule has 1 heterocycles. The minimum absolute atomic E-state index is 0.193. The van der Waals surface area contributed by atoms with E-state index in [2.05, 4.69) is 45.0 Å². The number of pyridine rings is 1. The lowest BCUT2D eigenvalue weighted by Gasteiger charge is -2.14. The Morgan fingerprint density at radius 1 is 1.14 bits per heavy atom. The summed E-state index contributed by atoms with van der Waals surface area (Å²) in [5, 5.41) is 9.06. The first-order valence-corrected chi connectivity index (χ1v) is 7.82. The van der Waals surface area contributed by atoms with Gasteiger partial charge in [0.05, 0.1) is 5.69 Å². The molecule has 3 nitrogen and oxygen atoms in total. The molecule has 114 valence electrons. The monoisotopic (exact) mass is 294 g/mol. The van der Waals surface area contributed by atoms with E-state index >= 15 is 0 Å². The van der Waals surface area contributed by atoms with Gasteiger partial charge < -0.3 is 4.57 Å². The summed E-state index contributed by atoms with van der Waals surface area (Å²) >= 11 is 0. The molecule has 0 fully saturated rings. The van der Waals surface area contributed by atoms with Gasteiger partial charge in [0.15, 0.2) is 0 Å². The normalized spacial score (nSPS) is 10.7. The van der Waals surface area contributed by atoms with E-state index in [1.165, 1.54) is 5.56 Å². The van der Waals surface area contributed by atoms with Gasteiger partial charge in [-0.1, -0.05) is 51.5 Å². The van der Waals surface area contributed by atoms with Crippen molar-refractivity contribution in [2.75, 3.05) is 0 Å². The molecule has 0 N–H and O–H groups in total. The number of benzene rings is 1. The van der Waals surface area contributed by atoms with Crippen LogP contribution in [-0.4, -0.2) is 4.57 Å². The van der Waals surface area contributed by atoms with E-state index < -0.39 is 0 Å². The molecule has 0 amide bonds. The molecule has 0 aliphatic rings. The molecule has 0 bridgehead atoms. The van der Waals surface area contributed by atoms with Crippen molar-refractivity contribution in [3.05, 3.63) is 57.9 Å². The average molecular weight is 294 g/mol. The number of rotatable bonds is 5. The Morgan fingerprint density at radius 3 is 2.36 bits per heavy atom. The largest absolute Gasteiger partial charge is 0.307 e. The Labute approximate surface area is 131 Å². The smallest absolute Gasteiger partial charge is 0.268 e. The Hall–Kier alpha value is -2.34. The van der Waals surface area contributed by atoms with Crippen LogP contribution >= 0.6 is 0 Å². The van der Waals surface area contributed by atoms with Crippen molar-refractivity contribution in [3.8, 4) is 17.3 Å². The summed E-state index contributed by atoms with van der Waals surface area (Å²) in [6.45, 7) is 7.06. The van der Waals surface area contributed by atoms with Crippen LogP contribution in [0.2, 0.25) is 0 Å². The van der Waals surface area contributed by atoms with Crippen LogP contribution in [0.1, 0.15) is 50.7 Å². The second-order valence-corrected chi connectivity index (χ2v) is 5.83. The van der Waals surface area contributed by atoms with Crippen molar-refractivity contribution in [1.29, 1.82) is 5.26 Å². The molecular formula is C19H22N2O. The van der Waals surface area contributed by atoms with Crippen LogP contribution in [0.15, 0.2) is 41.2 Å². The second-order valence-electron chi connectivity index (χ2n) is 5.83. The van der Waals surface area contributed by atoms with Crippen molar-refractivity contribution in [2.24, 2.45) is 0 Å². The highest BCUT2D eigenvalue weighted by Crippen LogP contribution is 2.22. The minimum Gasteiger partial charge on any atom is -0.307 e. The van der Waals surface area contributed by atoms with E-state index in [-0.39, 0.29) is 11.1 Å².